The highest BCUT2D eigenvalue weighted by Gasteiger charge is 2.30. The molecule has 1 N–H and O–H groups in total. The molecule has 2 rings (SSSR count). The van der Waals surface area contributed by atoms with Crippen LogP contribution >= 0.6 is 11.6 Å². The second kappa shape index (κ2) is 4.65. The molecule has 0 aliphatic carbocycles. The smallest absolute Gasteiger partial charge is 0.223 e. The average Bonchev–Trinajstić information content (AvgIpc) is 2.30. The van der Waals surface area contributed by atoms with Gasteiger partial charge in [-0.15, -0.1) is 0 Å². The SMILES string of the molecule is O=S(=O)(c1ccnc(Cl)n1)[C@H]1CCCNC1. The van der Waals surface area contributed by atoms with Crippen LogP contribution in [0.1, 0.15) is 12.8 Å². The maximum absolute atomic E-state index is 12.2. The number of rotatable bonds is 2. The predicted octanol–water partition coefficient (Wildman–Crippen LogP) is 0.656. The summed E-state index contributed by atoms with van der Waals surface area (Å²) in [6.07, 6.45) is 2.89. The summed E-state index contributed by atoms with van der Waals surface area (Å²) in [5, 5.41) is 2.64. The lowest BCUT2D eigenvalue weighted by molar-refractivity contribution is 0.495. The summed E-state index contributed by atoms with van der Waals surface area (Å²) in [4.78, 5) is 7.43. The number of nitrogens with one attached hydrogen (secondary N) is 1. The Morgan fingerprint density at radius 3 is 2.94 bits per heavy atom. The molecule has 1 fully saturated rings. The number of sulfone groups is 1. The summed E-state index contributed by atoms with van der Waals surface area (Å²) >= 11 is 5.59. The number of hydrogen-bond donors (Lipinski definition) is 1. The average molecular weight is 262 g/mol. The lowest BCUT2D eigenvalue weighted by Crippen LogP contribution is -2.39. The Hall–Kier alpha value is -0.720. The predicted molar refractivity (Wildman–Crippen MR) is 60.1 cm³/mol. The topological polar surface area (TPSA) is 72.0 Å². The van der Waals surface area contributed by atoms with Crippen molar-refractivity contribution in [2.24, 2.45) is 0 Å². The van der Waals surface area contributed by atoms with E-state index in [0.717, 1.165) is 13.0 Å². The van der Waals surface area contributed by atoms with Crippen LogP contribution in [-0.4, -0.2) is 36.7 Å². The fourth-order valence-electron chi connectivity index (χ4n) is 1.73. The van der Waals surface area contributed by atoms with E-state index in [2.05, 4.69) is 15.3 Å². The van der Waals surface area contributed by atoms with Crippen LogP contribution < -0.4 is 5.32 Å². The van der Waals surface area contributed by atoms with Crippen LogP contribution in [0.5, 0.6) is 0 Å². The minimum atomic E-state index is -3.38. The molecule has 1 aromatic heterocycles. The number of hydrogen-bond acceptors (Lipinski definition) is 5. The molecule has 1 aliphatic rings. The summed E-state index contributed by atoms with van der Waals surface area (Å²) in [6.45, 7) is 1.35. The molecule has 0 radical (unpaired) electrons. The maximum atomic E-state index is 12.2. The molecule has 1 atom stereocenters. The zero-order chi connectivity index (χ0) is 11.6. The molecule has 1 aliphatic heterocycles. The second-order valence-electron chi connectivity index (χ2n) is 3.68. The van der Waals surface area contributed by atoms with E-state index in [4.69, 9.17) is 11.6 Å². The Morgan fingerprint density at radius 2 is 2.31 bits per heavy atom. The fraction of sp³-hybridized carbons (Fsp3) is 0.556. The molecule has 0 amide bonds. The second-order valence-corrected chi connectivity index (χ2v) is 6.19. The quantitative estimate of drug-likeness (QED) is 0.625. The van der Waals surface area contributed by atoms with E-state index in [0.29, 0.717) is 13.0 Å². The van der Waals surface area contributed by atoms with Crippen molar-refractivity contribution in [3.05, 3.63) is 17.5 Å². The molecule has 7 heteroatoms. The van der Waals surface area contributed by atoms with Crippen LogP contribution in [0.25, 0.3) is 0 Å². The van der Waals surface area contributed by atoms with Crippen molar-refractivity contribution < 1.29 is 8.42 Å². The van der Waals surface area contributed by atoms with Gasteiger partial charge in [-0.25, -0.2) is 18.4 Å². The Labute approximate surface area is 99.2 Å². The summed E-state index contributed by atoms with van der Waals surface area (Å²) in [7, 11) is -3.38. The van der Waals surface area contributed by atoms with Gasteiger partial charge in [-0.05, 0) is 37.1 Å². The molecule has 16 heavy (non-hydrogen) atoms. The molecule has 2 heterocycles. The van der Waals surface area contributed by atoms with Gasteiger partial charge in [0.2, 0.25) is 5.28 Å². The molecule has 0 spiro atoms. The van der Waals surface area contributed by atoms with Gasteiger partial charge in [0.1, 0.15) is 0 Å². The lowest BCUT2D eigenvalue weighted by Gasteiger charge is -2.22. The van der Waals surface area contributed by atoms with Gasteiger partial charge in [0, 0.05) is 12.7 Å². The van der Waals surface area contributed by atoms with E-state index in [1.807, 2.05) is 0 Å². The van der Waals surface area contributed by atoms with E-state index in [9.17, 15) is 8.42 Å². The Morgan fingerprint density at radius 1 is 1.50 bits per heavy atom. The molecular formula is C9H12ClN3O2S. The third kappa shape index (κ3) is 2.34. The molecule has 0 bridgehead atoms. The van der Waals surface area contributed by atoms with Crippen LogP contribution in [0.15, 0.2) is 17.3 Å². The zero-order valence-electron chi connectivity index (χ0n) is 8.56. The van der Waals surface area contributed by atoms with E-state index < -0.39 is 15.1 Å². The largest absolute Gasteiger partial charge is 0.315 e. The third-order valence-electron chi connectivity index (χ3n) is 2.58. The van der Waals surface area contributed by atoms with Crippen molar-refractivity contribution >= 4 is 21.4 Å². The van der Waals surface area contributed by atoms with E-state index in [1.54, 1.807) is 0 Å². The molecule has 5 nitrogen and oxygen atoms in total. The monoisotopic (exact) mass is 261 g/mol. The molecule has 0 unspecified atom stereocenters. The van der Waals surface area contributed by atoms with Crippen molar-refractivity contribution in [3.8, 4) is 0 Å². The van der Waals surface area contributed by atoms with Crippen molar-refractivity contribution in [1.82, 2.24) is 15.3 Å². The van der Waals surface area contributed by atoms with Crippen LogP contribution in [0.2, 0.25) is 5.28 Å². The first kappa shape index (κ1) is 11.8. The van der Waals surface area contributed by atoms with Crippen molar-refractivity contribution in [2.45, 2.75) is 23.1 Å². The van der Waals surface area contributed by atoms with E-state index in [-0.39, 0.29) is 10.3 Å². The minimum absolute atomic E-state index is 0.0150. The molecule has 1 saturated heterocycles. The van der Waals surface area contributed by atoms with Crippen LogP contribution in [-0.2, 0) is 9.84 Å². The van der Waals surface area contributed by atoms with Crippen molar-refractivity contribution in [3.63, 3.8) is 0 Å². The summed E-state index contributed by atoms with van der Waals surface area (Å²) < 4.78 is 24.3. The highest BCUT2D eigenvalue weighted by molar-refractivity contribution is 7.92. The van der Waals surface area contributed by atoms with Crippen LogP contribution in [0.3, 0.4) is 0 Å². The fourth-order valence-corrected chi connectivity index (χ4v) is 3.55. The Balaban J connectivity index is 2.30. The molecule has 0 aromatic carbocycles. The van der Waals surface area contributed by atoms with Gasteiger partial charge < -0.3 is 5.32 Å². The van der Waals surface area contributed by atoms with Crippen LogP contribution in [0, 0.1) is 0 Å². The van der Waals surface area contributed by atoms with Crippen molar-refractivity contribution in [1.29, 1.82) is 0 Å². The van der Waals surface area contributed by atoms with Gasteiger partial charge >= 0.3 is 0 Å². The minimum Gasteiger partial charge on any atom is -0.315 e. The Bertz CT molecular complexity index is 471. The van der Waals surface area contributed by atoms with Gasteiger partial charge in [-0.3, -0.25) is 0 Å². The Kier molecular flexibility index (Phi) is 3.41. The van der Waals surface area contributed by atoms with Gasteiger partial charge in [0.05, 0.1) is 5.25 Å². The van der Waals surface area contributed by atoms with E-state index >= 15 is 0 Å². The normalized spacial score (nSPS) is 21.9. The maximum Gasteiger partial charge on any atom is 0.223 e. The number of aromatic nitrogens is 2. The highest BCUT2D eigenvalue weighted by Crippen LogP contribution is 2.19. The first-order valence-electron chi connectivity index (χ1n) is 5.04. The summed E-state index contributed by atoms with van der Waals surface area (Å²) in [5.74, 6) is 0. The molecule has 88 valence electrons. The van der Waals surface area contributed by atoms with Gasteiger partial charge in [0.25, 0.3) is 0 Å². The number of halogens is 1. The molecular weight excluding hydrogens is 250 g/mol. The third-order valence-corrected chi connectivity index (χ3v) is 4.86. The van der Waals surface area contributed by atoms with Gasteiger partial charge in [-0.2, -0.15) is 0 Å². The number of nitrogens with zero attached hydrogens (tertiary/aromatic N) is 2. The lowest BCUT2D eigenvalue weighted by atomic mass is 10.2. The van der Waals surface area contributed by atoms with Gasteiger partial charge in [0.15, 0.2) is 14.9 Å². The molecule has 1 aromatic rings. The van der Waals surface area contributed by atoms with Gasteiger partial charge in [-0.1, -0.05) is 0 Å². The number of piperidine rings is 1. The van der Waals surface area contributed by atoms with E-state index in [1.165, 1.54) is 12.3 Å². The molecule has 0 saturated carbocycles. The van der Waals surface area contributed by atoms with Crippen molar-refractivity contribution in [2.75, 3.05) is 13.1 Å². The summed E-state index contributed by atoms with van der Waals surface area (Å²) in [6, 6.07) is 1.38. The first-order chi connectivity index (χ1) is 7.60. The first-order valence-corrected chi connectivity index (χ1v) is 6.96. The summed E-state index contributed by atoms with van der Waals surface area (Å²) in [5.41, 5.74) is 0. The standard InChI is InChI=1S/C9H12ClN3O2S/c10-9-12-5-3-8(13-9)16(14,15)7-2-1-4-11-6-7/h3,5,7,11H,1-2,4,6H2/t7-/m0/s1. The van der Waals surface area contributed by atoms with Crippen LogP contribution in [0.4, 0.5) is 0 Å². The zero-order valence-corrected chi connectivity index (χ0v) is 10.1. The highest BCUT2D eigenvalue weighted by atomic mass is 35.5.